The van der Waals surface area contributed by atoms with Gasteiger partial charge in [-0.3, -0.25) is 19.9 Å². The Kier molecular flexibility index (Phi) is 4.84. The molecule has 1 aliphatic heterocycles. The van der Waals surface area contributed by atoms with E-state index in [0.717, 1.165) is 37.3 Å². The van der Waals surface area contributed by atoms with Crippen LogP contribution in [0.5, 0.6) is 11.6 Å². The molecule has 4 rings (SSSR count). The number of hydrogen-bond donors (Lipinski definition) is 0. The van der Waals surface area contributed by atoms with Gasteiger partial charge in [0.05, 0.1) is 29.8 Å². The molecule has 0 saturated carbocycles. The van der Waals surface area contributed by atoms with Crippen molar-refractivity contribution in [2.24, 2.45) is 0 Å². The molecule has 0 amide bonds. The van der Waals surface area contributed by atoms with E-state index in [2.05, 4.69) is 25.9 Å². The van der Waals surface area contributed by atoms with Crippen molar-refractivity contribution in [3.05, 3.63) is 72.2 Å². The number of aromatic nitrogens is 4. The van der Waals surface area contributed by atoms with Crippen molar-refractivity contribution in [3.63, 3.8) is 0 Å². The van der Waals surface area contributed by atoms with E-state index in [0.29, 0.717) is 11.6 Å². The summed E-state index contributed by atoms with van der Waals surface area (Å²) in [5.41, 5.74) is 3.00. The maximum absolute atomic E-state index is 5.90. The minimum absolute atomic E-state index is 0.251. The fraction of sp³-hybridized carbons (Fsp3) is 0.300. The quantitative estimate of drug-likeness (QED) is 0.701. The fourth-order valence-electron chi connectivity index (χ4n) is 3.34. The van der Waals surface area contributed by atoms with E-state index in [1.165, 1.54) is 5.56 Å². The van der Waals surface area contributed by atoms with Gasteiger partial charge >= 0.3 is 0 Å². The van der Waals surface area contributed by atoms with E-state index in [-0.39, 0.29) is 6.04 Å². The molecule has 0 radical (unpaired) electrons. The van der Waals surface area contributed by atoms with Crippen molar-refractivity contribution in [1.82, 2.24) is 24.8 Å². The summed E-state index contributed by atoms with van der Waals surface area (Å²) < 4.78 is 5.90. The first-order chi connectivity index (χ1) is 12.8. The number of rotatable bonds is 5. The highest BCUT2D eigenvalue weighted by Gasteiger charge is 2.27. The Morgan fingerprint density at radius 2 is 2.04 bits per heavy atom. The first-order valence-corrected chi connectivity index (χ1v) is 8.84. The molecular weight excluding hydrogens is 326 g/mol. The minimum Gasteiger partial charge on any atom is -0.436 e. The second kappa shape index (κ2) is 7.58. The summed E-state index contributed by atoms with van der Waals surface area (Å²) >= 11 is 0. The molecule has 0 aromatic carbocycles. The van der Waals surface area contributed by atoms with Crippen LogP contribution >= 0.6 is 0 Å². The zero-order valence-corrected chi connectivity index (χ0v) is 14.7. The number of hydrogen-bond acceptors (Lipinski definition) is 6. The highest BCUT2D eigenvalue weighted by molar-refractivity contribution is 5.29. The third-order valence-corrected chi connectivity index (χ3v) is 4.62. The normalized spacial score (nSPS) is 17.3. The van der Waals surface area contributed by atoms with Crippen molar-refractivity contribution >= 4 is 0 Å². The van der Waals surface area contributed by atoms with Crippen LogP contribution in [0.25, 0.3) is 0 Å². The van der Waals surface area contributed by atoms with Gasteiger partial charge in [0.15, 0.2) is 5.75 Å². The summed E-state index contributed by atoms with van der Waals surface area (Å²) in [6.07, 6.45) is 11.2. The summed E-state index contributed by atoms with van der Waals surface area (Å²) in [6, 6.07) is 8.08. The first kappa shape index (κ1) is 16.6. The molecule has 0 spiro atoms. The predicted octanol–water partition coefficient (Wildman–Crippen LogP) is 3.70. The molecule has 1 aliphatic rings. The highest BCUT2D eigenvalue weighted by atomic mass is 16.5. The van der Waals surface area contributed by atoms with Gasteiger partial charge in [0.25, 0.3) is 0 Å². The SMILES string of the molecule is Cc1ncccc1Oc1cncc(C2CCCN2Cc2cccnc2)n1. The maximum atomic E-state index is 5.90. The molecule has 0 aliphatic carbocycles. The lowest BCUT2D eigenvalue weighted by Gasteiger charge is -2.24. The Hall–Kier alpha value is -2.86. The Balaban J connectivity index is 1.53. The lowest BCUT2D eigenvalue weighted by molar-refractivity contribution is 0.242. The van der Waals surface area contributed by atoms with Gasteiger partial charge in [-0.2, -0.15) is 0 Å². The lowest BCUT2D eigenvalue weighted by Crippen LogP contribution is -2.23. The van der Waals surface area contributed by atoms with Crippen LogP contribution in [0, 0.1) is 6.92 Å². The molecule has 1 atom stereocenters. The van der Waals surface area contributed by atoms with Crippen LogP contribution in [-0.2, 0) is 6.54 Å². The number of nitrogens with zero attached hydrogens (tertiary/aromatic N) is 5. The second-order valence-electron chi connectivity index (χ2n) is 6.46. The molecular formula is C20H21N5O. The largest absolute Gasteiger partial charge is 0.436 e. The number of likely N-dealkylation sites (tertiary alicyclic amines) is 1. The minimum atomic E-state index is 0.251. The first-order valence-electron chi connectivity index (χ1n) is 8.84. The maximum Gasteiger partial charge on any atom is 0.238 e. The Morgan fingerprint density at radius 3 is 2.88 bits per heavy atom. The van der Waals surface area contributed by atoms with Crippen molar-refractivity contribution < 1.29 is 4.74 Å². The highest BCUT2D eigenvalue weighted by Crippen LogP contribution is 2.33. The molecule has 1 fully saturated rings. The van der Waals surface area contributed by atoms with E-state index in [9.17, 15) is 0 Å². The molecule has 3 aromatic rings. The number of ether oxygens (including phenoxy) is 1. The van der Waals surface area contributed by atoms with Crippen molar-refractivity contribution in [2.75, 3.05) is 6.54 Å². The summed E-state index contributed by atoms with van der Waals surface area (Å²) in [4.78, 5) is 20.0. The van der Waals surface area contributed by atoms with Crippen LogP contribution in [0.2, 0.25) is 0 Å². The zero-order chi connectivity index (χ0) is 17.8. The molecule has 132 valence electrons. The van der Waals surface area contributed by atoms with Crippen LogP contribution < -0.4 is 4.74 Å². The number of pyridine rings is 2. The molecule has 0 bridgehead atoms. The van der Waals surface area contributed by atoms with Gasteiger partial charge in [-0.1, -0.05) is 6.07 Å². The molecule has 0 N–H and O–H groups in total. The molecule has 3 aromatic heterocycles. The molecule has 1 saturated heterocycles. The van der Waals surface area contributed by atoms with Gasteiger partial charge in [0.2, 0.25) is 5.88 Å². The van der Waals surface area contributed by atoms with Crippen LogP contribution in [-0.4, -0.2) is 31.4 Å². The van der Waals surface area contributed by atoms with Gasteiger partial charge in [0.1, 0.15) is 0 Å². The number of aryl methyl sites for hydroxylation is 1. The van der Waals surface area contributed by atoms with Crippen molar-refractivity contribution in [1.29, 1.82) is 0 Å². The van der Waals surface area contributed by atoms with E-state index in [4.69, 9.17) is 9.72 Å². The van der Waals surface area contributed by atoms with Gasteiger partial charge in [0, 0.05) is 25.1 Å². The third kappa shape index (κ3) is 3.70. The van der Waals surface area contributed by atoms with E-state index in [1.54, 1.807) is 18.6 Å². The fourth-order valence-corrected chi connectivity index (χ4v) is 3.34. The van der Waals surface area contributed by atoms with Crippen LogP contribution in [0.15, 0.2) is 55.2 Å². The molecule has 26 heavy (non-hydrogen) atoms. The predicted molar refractivity (Wildman–Crippen MR) is 97.7 cm³/mol. The van der Waals surface area contributed by atoms with Crippen molar-refractivity contribution in [3.8, 4) is 11.6 Å². The van der Waals surface area contributed by atoms with Crippen LogP contribution in [0.3, 0.4) is 0 Å². The third-order valence-electron chi connectivity index (χ3n) is 4.62. The molecule has 6 heteroatoms. The molecule has 1 unspecified atom stereocenters. The summed E-state index contributed by atoms with van der Waals surface area (Å²) in [5, 5.41) is 0. The van der Waals surface area contributed by atoms with Gasteiger partial charge in [-0.25, -0.2) is 4.98 Å². The standard InChI is InChI=1S/C20H21N5O/c1-15-19(7-3-9-23-15)26-20-13-22-12-17(24-20)18-6-4-10-25(18)14-16-5-2-8-21-11-16/h2-3,5,7-9,11-13,18H,4,6,10,14H2,1H3. The molecule has 6 nitrogen and oxygen atoms in total. The zero-order valence-electron chi connectivity index (χ0n) is 14.7. The summed E-state index contributed by atoms with van der Waals surface area (Å²) in [5.74, 6) is 1.21. The summed E-state index contributed by atoms with van der Waals surface area (Å²) in [6.45, 7) is 3.83. The Labute approximate surface area is 152 Å². The smallest absolute Gasteiger partial charge is 0.238 e. The average Bonchev–Trinajstić information content (AvgIpc) is 3.13. The van der Waals surface area contributed by atoms with Crippen molar-refractivity contribution in [2.45, 2.75) is 32.4 Å². The van der Waals surface area contributed by atoms with Crippen LogP contribution in [0.4, 0.5) is 0 Å². The van der Waals surface area contributed by atoms with Gasteiger partial charge < -0.3 is 4.74 Å². The monoisotopic (exact) mass is 347 g/mol. The lowest BCUT2D eigenvalue weighted by atomic mass is 10.1. The second-order valence-corrected chi connectivity index (χ2v) is 6.46. The van der Waals surface area contributed by atoms with Gasteiger partial charge in [-0.15, -0.1) is 0 Å². The average molecular weight is 347 g/mol. The Morgan fingerprint density at radius 1 is 1.12 bits per heavy atom. The van der Waals surface area contributed by atoms with Gasteiger partial charge in [-0.05, 0) is 50.1 Å². The summed E-state index contributed by atoms with van der Waals surface area (Å²) in [7, 11) is 0. The topological polar surface area (TPSA) is 64.0 Å². The molecule has 4 heterocycles. The Bertz CT molecular complexity index is 871. The van der Waals surface area contributed by atoms with Crippen LogP contribution in [0.1, 0.15) is 35.8 Å². The van der Waals surface area contributed by atoms with E-state index >= 15 is 0 Å². The van der Waals surface area contributed by atoms with E-state index < -0.39 is 0 Å². The van der Waals surface area contributed by atoms with E-state index in [1.807, 2.05) is 37.5 Å².